The van der Waals surface area contributed by atoms with E-state index < -0.39 is 15.4 Å². The highest BCUT2D eigenvalue weighted by Gasteiger charge is 2.45. The topological polar surface area (TPSA) is 117 Å². The van der Waals surface area contributed by atoms with E-state index in [0.29, 0.717) is 22.9 Å². The number of ketones is 1. The number of hydrogen-bond acceptors (Lipinski definition) is 6. The van der Waals surface area contributed by atoms with Crippen molar-refractivity contribution in [1.29, 1.82) is 0 Å². The van der Waals surface area contributed by atoms with Gasteiger partial charge in [0, 0.05) is 30.7 Å². The van der Waals surface area contributed by atoms with Crippen LogP contribution in [0, 0.1) is 5.41 Å². The number of hydrogen-bond donors (Lipinski definition) is 2. The Hall–Kier alpha value is -3.72. The maximum Gasteiger partial charge on any atom is 0.254 e. The largest absolute Gasteiger partial charge is 0.506 e. The number of sulfonamides is 1. The van der Waals surface area contributed by atoms with Gasteiger partial charge in [-0.2, -0.15) is 0 Å². The number of aliphatic hydroxyl groups excluding tert-OH is 1. The molecular weight excluding hydrogens is 514 g/mol. The molecule has 0 fully saturated rings. The zero-order valence-corrected chi connectivity index (χ0v) is 24.2. The van der Waals surface area contributed by atoms with Crippen molar-refractivity contribution in [3.63, 3.8) is 0 Å². The molecule has 2 aromatic carbocycles. The third kappa shape index (κ3) is 5.54. The lowest BCUT2D eigenvalue weighted by Crippen LogP contribution is -2.38. The molecule has 4 rings (SSSR count). The summed E-state index contributed by atoms with van der Waals surface area (Å²) >= 11 is 0. The number of rotatable bonds is 6. The standard InChI is InChI=1S/C30H35N3O5S/c1-29(2,3)14-15-30(4)22-11-9-8-10-19(22)26(34)25(27(30)35)24-17-21(28(36)33(5)6)20-16-18(32-39(7,37)38)12-13-23(20)31-24/h8-13,16-17,32,34H,14-15H2,1-7H3/t30-/m1/s1. The van der Waals surface area contributed by atoms with Crippen molar-refractivity contribution in [2.24, 2.45) is 5.41 Å². The molecular formula is C30H35N3O5S. The minimum absolute atomic E-state index is 0.00812. The van der Waals surface area contributed by atoms with E-state index in [2.05, 4.69) is 25.5 Å². The summed E-state index contributed by atoms with van der Waals surface area (Å²) in [6.07, 6.45) is 2.40. The van der Waals surface area contributed by atoms with E-state index in [9.17, 15) is 23.1 Å². The summed E-state index contributed by atoms with van der Waals surface area (Å²) in [6, 6.07) is 13.6. The zero-order valence-electron chi connectivity index (χ0n) is 23.4. The average molecular weight is 550 g/mol. The Kier molecular flexibility index (Phi) is 7.10. The number of pyridine rings is 1. The second-order valence-electron chi connectivity index (χ2n) is 11.9. The van der Waals surface area contributed by atoms with Gasteiger partial charge in [0.15, 0.2) is 5.78 Å². The predicted octanol–water partition coefficient (Wildman–Crippen LogP) is 5.40. The number of carbonyl (C=O) groups is 2. The molecule has 1 heterocycles. The maximum atomic E-state index is 14.3. The van der Waals surface area contributed by atoms with Crippen molar-refractivity contribution in [3.05, 3.63) is 70.9 Å². The minimum Gasteiger partial charge on any atom is -0.506 e. The minimum atomic E-state index is -3.54. The number of carbonyl (C=O) groups excluding carboxylic acids is 2. The van der Waals surface area contributed by atoms with Gasteiger partial charge in [0.1, 0.15) is 5.76 Å². The molecule has 1 aromatic heterocycles. The zero-order chi connectivity index (χ0) is 28.9. The Labute approximate surface area is 229 Å². The van der Waals surface area contributed by atoms with Crippen molar-refractivity contribution in [2.45, 2.75) is 46.0 Å². The van der Waals surface area contributed by atoms with E-state index in [-0.39, 0.29) is 45.4 Å². The molecule has 1 atom stereocenters. The number of allylic oxidation sites excluding steroid dienone is 1. The van der Waals surface area contributed by atoms with Crippen LogP contribution in [0.2, 0.25) is 0 Å². The van der Waals surface area contributed by atoms with E-state index in [4.69, 9.17) is 4.98 Å². The molecule has 206 valence electrons. The smallest absolute Gasteiger partial charge is 0.254 e. The molecule has 1 aliphatic rings. The lowest BCUT2D eigenvalue weighted by atomic mass is 9.65. The molecule has 1 aliphatic carbocycles. The highest BCUT2D eigenvalue weighted by Crippen LogP contribution is 2.46. The molecule has 0 radical (unpaired) electrons. The van der Waals surface area contributed by atoms with Crippen LogP contribution in [0.4, 0.5) is 5.69 Å². The van der Waals surface area contributed by atoms with E-state index in [0.717, 1.165) is 18.2 Å². The van der Waals surface area contributed by atoms with E-state index >= 15 is 0 Å². The van der Waals surface area contributed by atoms with Crippen LogP contribution in [0.15, 0.2) is 48.5 Å². The van der Waals surface area contributed by atoms with Crippen molar-refractivity contribution in [1.82, 2.24) is 9.88 Å². The fourth-order valence-corrected chi connectivity index (χ4v) is 5.53. The fraction of sp³-hybridized carbons (Fsp3) is 0.367. The Morgan fingerprint density at radius 1 is 1.10 bits per heavy atom. The number of amides is 1. The summed E-state index contributed by atoms with van der Waals surface area (Å²) in [5.41, 5.74) is 1.59. The number of aromatic nitrogens is 1. The molecule has 0 saturated carbocycles. The quantitative estimate of drug-likeness (QED) is 0.425. The van der Waals surface area contributed by atoms with Gasteiger partial charge in [-0.05, 0) is 55.0 Å². The van der Waals surface area contributed by atoms with Gasteiger partial charge in [0.05, 0.1) is 34.0 Å². The van der Waals surface area contributed by atoms with Gasteiger partial charge in [0.2, 0.25) is 10.0 Å². The first-order chi connectivity index (χ1) is 18.0. The van der Waals surface area contributed by atoms with Crippen LogP contribution in [-0.4, -0.2) is 55.4 Å². The molecule has 0 bridgehead atoms. The first kappa shape index (κ1) is 28.3. The van der Waals surface area contributed by atoms with Gasteiger partial charge in [-0.25, -0.2) is 13.4 Å². The SMILES string of the molecule is CN(C)C(=O)c1cc(C2=C(O)c3ccccc3[C@@](C)(CCC(C)(C)C)C2=O)nc2ccc(NS(C)(=O)=O)cc12. The molecule has 0 unspecified atom stereocenters. The summed E-state index contributed by atoms with van der Waals surface area (Å²) in [5.74, 6) is -0.776. The number of fused-ring (bicyclic) bond motifs is 2. The molecule has 0 spiro atoms. The molecule has 39 heavy (non-hydrogen) atoms. The lowest BCUT2D eigenvalue weighted by molar-refractivity contribution is -0.119. The number of Topliss-reactive ketones (excluding diaryl/α,β-unsaturated/α-hetero) is 1. The lowest BCUT2D eigenvalue weighted by Gasteiger charge is -2.37. The summed E-state index contributed by atoms with van der Waals surface area (Å²) < 4.78 is 26.0. The van der Waals surface area contributed by atoms with E-state index in [1.807, 2.05) is 25.1 Å². The summed E-state index contributed by atoms with van der Waals surface area (Å²) in [7, 11) is -0.331. The Morgan fingerprint density at radius 3 is 2.38 bits per heavy atom. The van der Waals surface area contributed by atoms with Crippen molar-refractivity contribution >= 4 is 49.6 Å². The maximum absolute atomic E-state index is 14.3. The molecule has 8 nitrogen and oxygen atoms in total. The molecule has 3 aromatic rings. The van der Waals surface area contributed by atoms with Crippen molar-refractivity contribution < 1.29 is 23.1 Å². The second-order valence-corrected chi connectivity index (χ2v) is 13.6. The van der Waals surface area contributed by atoms with Gasteiger partial charge in [-0.3, -0.25) is 14.3 Å². The normalized spacial score (nSPS) is 17.8. The second kappa shape index (κ2) is 9.79. The number of aliphatic hydroxyl groups is 1. The highest BCUT2D eigenvalue weighted by molar-refractivity contribution is 7.92. The third-order valence-corrected chi connectivity index (χ3v) is 7.73. The molecule has 9 heteroatoms. The fourth-order valence-electron chi connectivity index (χ4n) is 4.97. The van der Waals surface area contributed by atoms with Crippen molar-refractivity contribution in [2.75, 3.05) is 25.1 Å². The number of nitrogens with one attached hydrogen (secondary N) is 1. The number of anilines is 1. The highest BCUT2D eigenvalue weighted by atomic mass is 32.2. The molecule has 0 saturated heterocycles. The molecule has 2 N–H and O–H groups in total. The first-order valence-corrected chi connectivity index (χ1v) is 14.6. The van der Waals surface area contributed by atoms with Crippen LogP contribution in [0.5, 0.6) is 0 Å². The van der Waals surface area contributed by atoms with Gasteiger partial charge in [-0.15, -0.1) is 0 Å². The van der Waals surface area contributed by atoms with Gasteiger partial charge in [-0.1, -0.05) is 45.0 Å². The number of nitrogens with zero attached hydrogens (tertiary/aromatic N) is 2. The van der Waals surface area contributed by atoms with Crippen LogP contribution in [0.1, 0.15) is 67.7 Å². The van der Waals surface area contributed by atoms with Crippen LogP contribution in [-0.2, 0) is 20.2 Å². The Balaban J connectivity index is 1.97. The predicted molar refractivity (Wildman–Crippen MR) is 155 cm³/mol. The van der Waals surface area contributed by atoms with Gasteiger partial charge in [0.25, 0.3) is 5.91 Å². The summed E-state index contributed by atoms with van der Waals surface area (Å²) in [6.45, 7) is 8.28. The Bertz CT molecular complexity index is 1630. The van der Waals surface area contributed by atoms with E-state index in [1.165, 1.54) is 11.0 Å². The van der Waals surface area contributed by atoms with Crippen LogP contribution < -0.4 is 4.72 Å². The molecule has 0 aliphatic heterocycles. The number of benzene rings is 2. The van der Waals surface area contributed by atoms with E-state index in [1.54, 1.807) is 38.4 Å². The van der Waals surface area contributed by atoms with Crippen molar-refractivity contribution in [3.8, 4) is 0 Å². The van der Waals surface area contributed by atoms with Gasteiger partial charge < -0.3 is 10.0 Å². The van der Waals surface area contributed by atoms with Crippen LogP contribution >= 0.6 is 0 Å². The first-order valence-electron chi connectivity index (χ1n) is 12.7. The van der Waals surface area contributed by atoms with Gasteiger partial charge >= 0.3 is 0 Å². The Morgan fingerprint density at radius 2 is 1.77 bits per heavy atom. The monoisotopic (exact) mass is 549 g/mol. The summed E-state index contributed by atoms with van der Waals surface area (Å²) in [4.78, 5) is 33.7. The third-order valence-electron chi connectivity index (χ3n) is 7.12. The summed E-state index contributed by atoms with van der Waals surface area (Å²) in [5, 5.41) is 11.9. The average Bonchev–Trinajstić information content (AvgIpc) is 2.84. The van der Waals surface area contributed by atoms with Crippen LogP contribution in [0.25, 0.3) is 22.2 Å². The van der Waals surface area contributed by atoms with Crippen LogP contribution in [0.3, 0.4) is 0 Å². The molecule has 1 amide bonds.